The molecule has 2 rings (SSSR count). The van der Waals surface area contributed by atoms with E-state index in [-0.39, 0.29) is 5.69 Å². The van der Waals surface area contributed by atoms with Gasteiger partial charge in [0.15, 0.2) is 0 Å². The highest BCUT2D eigenvalue weighted by Crippen LogP contribution is 2.31. The van der Waals surface area contributed by atoms with Crippen LogP contribution in [0.25, 0.3) is 0 Å². The minimum absolute atomic E-state index is 0.0663. The normalized spacial score (nSPS) is 17.2. The molecule has 0 aliphatic heterocycles. The molecule has 5 nitrogen and oxygen atoms in total. The summed E-state index contributed by atoms with van der Waals surface area (Å²) in [5.74, 6) is 0. The maximum Gasteiger partial charge on any atom is 0.283 e. The molecule has 0 saturated heterocycles. The molecule has 1 aromatic rings. The van der Waals surface area contributed by atoms with Gasteiger partial charge in [-0.3, -0.25) is 10.1 Å². The minimum Gasteiger partial charge on any atom is -0.389 e. The van der Waals surface area contributed by atoms with Crippen molar-refractivity contribution in [1.82, 2.24) is 5.32 Å². The highest BCUT2D eigenvalue weighted by Gasteiger charge is 2.33. The summed E-state index contributed by atoms with van der Waals surface area (Å²) < 4.78 is 0.480. The maximum absolute atomic E-state index is 10.8. The van der Waals surface area contributed by atoms with Crippen LogP contribution in [0.2, 0.25) is 0 Å². The van der Waals surface area contributed by atoms with Crippen molar-refractivity contribution >= 4 is 21.6 Å². The van der Waals surface area contributed by atoms with Crippen molar-refractivity contribution in [2.24, 2.45) is 0 Å². The number of nitro groups is 1. The van der Waals surface area contributed by atoms with Gasteiger partial charge in [0.25, 0.3) is 5.69 Å². The third-order valence-electron chi connectivity index (χ3n) is 3.27. The largest absolute Gasteiger partial charge is 0.389 e. The van der Waals surface area contributed by atoms with Crippen molar-refractivity contribution < 1.29 is 10.0 Å². The summed E-state index contributed by atoms with van der Waals surface area (Å²) >= 11 is 3.15. The molecular formula is C12H15BrN2O3. The average Bonchev–Trinajstić information content (AvgIpc) is 2.28. The van der Waals surface area contributed by atoms with E-state index in [2.05, 4.69) is 21.2 Å². The molecule has 2 N–H and O–H groups in total. The molecule has 1 aliphatic carbocycles. The second kappa shape index (κ2) is 5.34. The number of nitrogens with zero attached hydrogens (tertiary/aromatic N) is 1. The van der Waals surface area contributed by atoms with Crippen LogP contribution in [0.1, 0.15) is 24.8 Å². The van der Waals surface area contributed by atoms with E-state index in [9.17, 15) is 15.2 Å². The average molecular weight is 315 g/mol. The summed E-state index contributed by atoms with van der Waals surface area (Å²) in [6.07, 6.45) is 2.74. The first-order valence-corrected chi connectivity index (χ1v) is 6.65. The Labute approximate surface area is 113 Å². The van der Waals surface area contributed by atoms with Crippen LogP contribution < -0.4 is 5.32 Å². The molecule has 1 aromatic carbocycles. The van der Waals surface area contributed by atoms with Crippen molar-refractivity contribution in [3.63, 3.8) is 0 Å². The Morgan fingerprint density at radius 2 is 2.22 bits per heavy atom. The van der Waals surface area contributed by atoms with Gasteiger partial charge < -0.3 is 10.4 Å². The monoisotopic (exact) mass is 314 g/mol. The molecule has 1 aliphatic rings. The van der Waals surface area contributed by atoms with Gasteiger partial charge in [0.05, 0.1) is 15.0 Å². The molecule has 0 bridgehead atoms. The van der Waals surface area contributed by atoms with Crippen molar-refractivity contribution in [3.05, 3.63) is 38.3 Å². The number of rotatable bonds is 5. The van der Waals surface area contributed by atoms with E-state index < -0.39 is 10.5 Å². The van der Waals surface area contributed by atoms with Gasteiger partial charge in [-0.15, -0.1) is 0 Å². The fourth-order valence-electron chi connectivity index (χ4n) is 2.01. The lowest BCUT2D eigenvalue weighted by molar-refractivity contribution is -0.385. The molecule has 6 heteroatoms. The zero-order valence-electron chi connectivity index (χ0n) is 9.86. The number of halogens is 1. The SMILES string of the molecule is O=[N+]([O-])c1cc(CNCC2(O)CCC2)ccc1Br. The molecule has 1 saturated carbocycles. The summed E-state index contributed by atoms with van der Waals surface area (Å²) in [4.78, 5) is 10.4. The molecule has 18 heavy (non-hydrogen) atoms. The van der Waals surface area contributed by atoms with E-state index in [1.807, 2.05) is 6.07 Å². The van der Waals surface area contributed by atoms with Gasteiger partial charge in [-0.25, -0.2) is 0 Å². The summed E-state index contributed by atoms with van der Waals surface area (Å²) in [7, 11) is 0. The summed E-state index contributed by atoms with van der Waals surface area (Å²) in [5, 5.41) is 23.8. The Hall–Kier alpha value is -0.980. The van der Waals surface area contributed by atoms with E-state index in [1.54, 1.807) is 12.1 Å². The molecule has 0 amide bonds. The fourth-order valence-corrected chi connectivity index (χ4v) is 2.40. The lowest BCUT2D eigenvalue weighted by Gasteiger charge is -2.36. The third kappa shape index (κ3) is 3.07. The second-order valence-electron chi connectivity index (χ2n) is 4.72. The highest BCUT2D eigenvalue weighted by molar-refractivity contribution is 9.10. The van der Waals surface area contributed by atoms with Crippen molar-refractivity contribution in [2.75, 3.05) is 6.54 Å². The molecule has 0 unspecified atom stereocenters. The van der Waals surface area contributed by atoms with Gasteiger partial charge in [-0.2, -0.15) is 0 Å². The van der Waals surface area contributed by atoms with Gasteiger partial charge in [0.2, 0.25) is 0 Å². The van der Waals surface area contributed by atoms with Gasteiger partial charge in [-0.05, 0) is 46.8 Å². The van der Waals surface area contributed by atoms with E-state index in [0.717, 1.165) is 24.8 Å². The van der Waals surface area contributed by atoms with Crippen LogP contribution in [-0.4, -0.2) is 22.2 Å². The van der Waals surface area contributed by atoms with E-state index in [4.69, 9.17) is 0 Å². The third-order valence-corrected chi connectivity index (χ3v) is 3.95. The Kier molecular flexibility index (Phi) is 3.99. The molecule has 0 radical (unpaired) electrons. The van der Waals surface area contributed by atoms with Crippen LogP contribution in [0.4, 0.5) is 5.69 Å². The Morgan fingerprint density at radius 3 is 2.78 bits per heavy atom. The van der Waals surface area contributed by atoms with Crippen LogP contribution in [0.15, 0.2) is 22.7 Å². The van der Waals surface area contributed by atoms with Crippen molar-refractivity contribution in [3.8, 4) is 0 Å². The van der Waals surface area contributed by atoms with E-state index in [1.165, 1.54) is 0 Å². The van der Waals surface area contributed by atoms with Crippen molar-refractivity contribution in [2.45, 2.75) is 31.4 Å². The lowest BCUT2D eigenvalue weighted by Crippen LogP contribution is -2.45. The highest BCUT2D eigenvalue weighted by atomic mass is 79.9. The topological polar surface area (TPSA) is 75.4 Å². The molecular weight excluding hydrogens is 300 g/mol. The quantitative estimate of drug-likeness (QED) is 0.646. The Morgan fingerprint density at radius 1 is 1.50 bits per heavy atom. The molecule has 0 spiro atoms. The lowest BCUT2D eigenvalue weighted by atomic mass is 9.80. The molecule has 0 atom stereocenters. The molecule has 98 valence electrons. The summed E-state index contributed by atoms with van der Waals surface area (Å²) in [5.41, 5.74) is 0.339. The Balaban J connectivity index is 1.93. The number of benzene rings is 1. The number of hydrogen-bond donors (Lipinski definition) is 2. The number of hydrogen-bond acceptors (Lipinski definition) is 4. The first kappa shape index (κ1) is 13.5. The molecule has 0 aromatic heterocycles. The van der Waals surface area contributed by atoms with Crippen LogP contribution in [0.3, 0.4) is 0 Å². The number of aliphatic hydroxyl groups is 1. The van der Waals surface area contributed by atoms with Crippen LogP contribution in [0.5, 0.6) is 0 Å². The summed E-state index contributed by atoms with van der Waals surface area (Å²) in [6, 6.07) is 5.05. The van der Waals surface area contributed by atoms with Gasteiger partial charge >= 0.3 is 0 Å². The smallest absolute Gasteiger partial charge is 0.283 e. The Bertz CT molecular complexity index is 461. The predicted octanol–water partition coefficient (Wildman–Crippen LogP) is 2.36. The molecule has 1 fully saturated rings. The zero-order valence-corrected chi connectivity index (χ0v) is 11.4. The van der Waals surface area contributed by atoms with Gasteiger partial charge in [-0.1, -0.05) is 6.07 Å². The fraction of sp³-hybridized carbons (Fsp3) is 0.500. The maximum atomic E-state index is 10.8. The zero-order chi connectivity index (χ0) is 13.2. The van der Waals surface area contributed by atoms with Crippen molar-refractivity contribution in [1.29, 1.82) is 0 Å². The standard InChI is InChI=1S/C12H15BrN2O3/c13-10-3-2-9(6-11(10)15(17)18)7-14-8-12(16)4-1-5-12/h2-3,6,14,16H,1,4-5,7-8H2. The van der Waals surface area contributed by atoms with Gasteiger partial charge in [0, 0.05) is 19.2 Å². The molecule has 0 heterocycles. The van der Waals surface area contributed by atoms with Crippen LogP contribution >= 0.6 is 15.9 Å². The second-order valence-corrected chi connectivity index (χ2v) is 5.58. The van der Waals surface area contributed by atoms with Crippen LogP contribution in [-0.2, 0) is 6.54 Å². The number of nitrogens with one attached hydrogen (secondary N) is 1. The van der Waals surface area contributed by atoms with E-state index >= 15 is 0 Å². The van der Waals surface area contributed by atoms with Gasteiger partial charge in [0.1, 0.15) is 0 Å². The van der Waals surface area contributed by atoms with E-state index in [0.29, 0.717) is 17.6 Å². The minimum atomic E-state index is -0.568. The predicted molar refractivity (Wildman–Crippen MR) is 71.3 cm³/mol. The summed E-state index contributed by atoms with van der Waals surface area (Å²) in [6.45, 7) is 1.06. The van der Waals surface area contributed by atoms with Crippen LogP contribution in [0, 0.1) is 10.1 Å². The first-order valence-electron chi connectivity index (χ1n) is 5.86. The number of nitro benzene ring substituents is 1. The first-order chi connectivity index (χ1) is 8.50.